The highest BCUT2D eigenvalue weighted by Gasteiger charge is 2.02. The van der Waals surface area contributed by atoms with Crippen molar-refractivity contribution >= 4 is 0 Å². The predicted octanol–water partition coefficient (Wildman–Crippen LogP) is 2.11. The SMILES string of the molecule is C[C@H](OCCCN)c1ccccc1. The van der Waals surface area contributed by atoms with Gasteiger partial charge in [-0.3, -0.25) is 0 Å². The highest BCUT2D eigenvalue weighted by atomic mass is 16.5. The largest absolute Gasteiger partial charge is 0.374 e. The van der Waals surface area contributed by atoms with E-state index in [0.29, 0.717) is 6.54 Å². The highest BCUT2D eigenvalue weighted by Crippen LogP contribution is 2.15. The minimum absolute atomic E-state index is 0.174. The van der Waals surface area contributed by atoms with Gasteiger partial charge in [0.1, 0.15) is 0 Å². The van der Waals surface area contributed by atoms with Gasteiger partial charge in [-0.25, -0.2) is 0 Å². The Labute approximate surface area is 79.7 Å². The van der Waals surface area contributed by atoms with E-state index in [4.69, 9.17) is 10.5 Å². The van der Waals surface area contributed by atoms with Crippen molar-refractivity contribution < 1.29 is 4.74 Å². The van der Waals surface area contributed by atoms with Gasteiger partial charge >= 0.3 is 0 Å². The van der Waals surface area contributed by atoms with Gasteiger partial charge in [-0.05, 0) is 25.5 Å². The van der Waals surface area contributed by atoms with Gasteiger partial charge < -0.3 is 10.5 Å². The molecular formula is C11H17NO. The monoisotopic (exact) mass is 179 g/mol. The van der Waals surface area contributed by atoms with E-state index < -0.39 is 0 Å². The normalized spacial score (nSPS) is 12.8. The van der Waals surface area contributed by atoms with Gasteiger partial charge in [0.25, 0.3) is 0 Å². The van der Waals surface area contributed by atoms with Crippen LogP contribution in [-0.2, 0) is 4.74 Å². The summed E-state index contributed by atoms with van der Waals surface area (Å²) in [6.45, 7) is 3.50. The predicted molar refractivity (Wildman–Crippen MR) is 54.5 cm³/mol. The van der Waals surface area contributed by atoms with Crippen LogP contribution in [0.3, 0.4) is 0 Å². The van der Waals surface area contributed by atoms with Crippen LogP contribution in [0.4, 0.5) is 0 Å². The number of hydrogen-bond donors (Lipinski definition) is 1. The topological polar surface area (TPSA) is 35.2 Å². The lowest BCUT2D eigenvalue weighted by molar-refractivity contribution is 0.0651. The van der Waals surface area contributed by atoms with Gasteiger partial charge in [0.2, 0.25) is 0 Å². The molecule has 2 heteroatoms. The third-order valence-electron chi connectivity index (χ3n) is 1.99. The molecule has 0 amide bonds. The first-order chi connectivity index (χ1) is 6.34. The standard InChI is InChI=1S/C11H17NO/c1-10(13-9-5-8-12)11-6-3-2-4-7-11/h2-4,6-7,10H,5,8-9,12H2,1H3/t10-/m0/s1. The first-order valence-electron chi connectivity index (χ1n) is 4.71. The van der Waals surface area contributed by atoms with E-state index in [1.807, 2.05) is 18.2 Å². The summed E-state index contributed by atoms with van der Waals surface area (Å²) in [5.74, 6) is 0. The Kier molecular flexibility index (Phi) is 4.50. The molecular weight excluding hydrogens is 162 g/mol. The summed E-state index contributed by atoms with van der Waals surface area (Å²) in [5.41, 5.74) is 6.60. The average molecular weight is 179 g/mol. The first kappa shape index (κ1) is 10.2. The molecule has 1 aromatic rings. The summed E-state index contributed by atoms with van der Waals surface area (Å²) < 4.78 is 5.59. The van der Waals surface area contributed by atoms with E-state index in [0.717, 1.165) is 13.0 Å². The Hall–Kier alpha value is -0.860. The van der Waals surface area contributed by atoms with Gasteiger partial charge in [-0.1, -0.05) is 30.3 Å². The van der Waals surface area contributed by atoms with E-state index in [2.05, 4.69) is 19.1 Å². The van der Waals surface area contributed by atoms with Crippen LogP contribution < -0.4 is 5.73 Å². The maximum absolute atomic E-state index is 5.59. The Morgan fingerprint density at radius 1 is 1.31 bits per heavy atom. The summed E-state index contributed by atoms with van der Waals surface area (Å²) in [6, 6.07) is 10.2. The molecule has 0 bridgehead atoms. The lowest BCUT2D eigenvalue weighted by Crippen LogP contribution is -2.06. The maximum Gasteiger partial charge on any atom is 0.0796 e. The molecule has 2 nitrogen and oxygen atoms in total. The molecule has 0 saturated heterocycles. The molecule has 0 unspecified atom stereocenters. The molecule has 0 aromatic heterocycles. The minimum Gasteiger partial charge on any atom is -0.374 e. The molecule has 1 aromatic carbocycles. The fourth-order valence-corrected chi connectivity index (χ4v) is 1.16. The molecule has 0 radical (unpaired) electrons. The van der Waals surface area contributed by atoms with Crippen molar-refractivity contribution in [2.45, 2.75) is 19.4 Å². The van der Waals surface area contributed by atoms with Crippen LogP contribution in [0.2, 0.25) is 0 Å². The molecule has 1 atom stereocenters. The van der Waals surface area contributed by atoms with E-state index in [1.165, 1.54) is 5.56 Å². The molecule has 72 valence electrons. The second-order valence-corrected chi connectivity index (χ2v) is 3.07. The van der Waals surface area contributed by atoms with Crippen molar-refractivity contribution in [1.29, 1.82) is 0 Å². The van der Waals surface area contributed by atoms with Gasteiger partial charge in [-0.2, -0.15) is 0 Å². The molecule has 0 aliphatic rings. The van der Waals surface area contributed by atoms with Gasteiger partial charge in [0, 0.05) is 6.61 Å². The minimum atomic E-state index is 0.174. The van der Waals surface area contributed by atoms with Crippen LogP contribution in [-0.4, -0.2) is 13.2 Å². The van der Waals surface area contributed by atoms with E-state index in [1.54, 1.807) is 0 Å². The van der Waals surface area contributed by atoms with E-state index in [-0.39, 0.29) is 6.10 Å². The Balaban J connectivity index is 2.35. The lowest BCUT2D eigenvalue weighted by Gasteiger charge is -2.12. The van der Waals surface area contributed by atoms with Crippen LogP contribution in [0.15, 0.2) is 30.3 Å². The fourth-order valence-electron chi connectivity index (χ4n) is 1.16. The summed E-state index contributed by atoms with van der Waals surface area (Å²) >= 11 is 0. The number of ether oxygens (including phenoxy) is 1. The zero-order valence-electron chi connectivity index (χ0n) is 8.07. The second kappa shape index (κ2) is 5.73. The smallest absolute Gasteiger partial charge is 0.0796 e. The maximum atomic E-state index is 5.59. The van der Waals surface area contributed by atoms with Crippen LogP contribution >= 0.6 is 0 Å². The highest BCUT2D eigenvalue weighted by molar-refractivity contribution is 5.16. The number of hydrogen-bond acceptors (Lipinski definition) is 2. The van der Waals surface area contributed by atoms with Crippen molar-refractivity contribution in [1.82, 2.24) is 0 Å². The van der Waals surface area contributed by atoms with Crippen molar-refractivity contribution in [3.05, 3.63) is 35.9 Å². The van der Waals surface area contributed by atoms with Crippen molar-refractivity contribution in [3.8, 4) is 0 Å². The third-order valence-corrected chi connectivity index (χ3v) is 1.99. The molecule has 0 aliphatic carbocycles. The summed E-state index contributed by atoms with van der Waals surface area (Å²) in [7, 11) is 0. The molecule has 0 spiro atoms. The van der Waals surface area contributed by atoms with Crippen molar-refractivity contribution in [2.75, 3.05) is 13.2 Å². The Bertz CT molecular complexity index is 223. The third kappa shape index (κ3) is 3.57. The van der Waals surface area contributed by atoms with Crippen LogP contribution in [0.25, 0.3) is 0 Å². The number of rotatable bonds is 5. The molecule has 2 N–H and O–H groups in total. The fraction of sp³-hybridized carbons (Fsp3) is 0.455. The Morgan fingerprint density at radius 2 is 2.00 bits per heavy atom. The summed E-state index contributed by atoms with van der Waals surface area (Å²) in [4.78, 5) is 0. The summed E-state index contributed by atoms with van der Waals surface area (Å²) in [6.07, 6.45) is 1.10. The molecule has 0 saturated carbocycles. The zero-order chi connectivity index (χ0) is 9.52. The molecule has 0 fully saturated rings. The van der Waals surface area contributed by atoms with Crippen LogP contribution in [0, 0.1) is 0 Å². The molecule has 13 heavy (non-hydrogen) atoms. The van der Waals surface area contributed by atoms with Crippen LogP contribution in [0.5, 0.6) is 0 Å². The zero-order valence-corrected chi connectivity index (χ0v) is 8.07. The van der Waals surface area contributed by atoms with Crippen molar-refractivity contribution in [3.63, 3.8) is 0 Å². The lowest BCUT2D eigenvalue weighted by atomic mass is 10.1. The van der Waals surface area contributed by atoms with Gasteiger partial charge in [0.05, 0.1) is 6.10 Å². The summed E-state index contributed by atoms with van der Waals surface area (Å²) in [5, 5.41) is 0. The average Bonchev–Trinajstić information content (AvgIpc) is 2.19. The van der Waals surface area contributed by atoms with E-state index in [9.17, 15) is 0 Å². The van der Waals surface area contributed by atoms with E-state index >= 15 is 0 Å². The molecule has 0 heterocycles. The molecule has 1 rings (SSSR count). The quantitative estimate of drug-likeness (QED) is 0.703. The number of benzene rings is 1. The molecule has 0 aliphatic heterocycles. The van der Waals surface area contributed by atoms with Crippen molar-refractivity contribution in [2.24, 2.45) is 5.73 Å². The second-order valence-electron chi connectivity index (χ2n) is 3.07. The Morgan fingerprint density at radius 3 is 2.62 bits per heavy atom. The van der Waals surface area contributed by atoms with Gasteiger partial charge in [-0.15, -0.1) is 0 Å². The van der Waals surface area contributed by atoms with Gasteiger partial charge in [0.15, 0.2) is 0 Å². The number of nitrogens with two attached hydrogens (primary N) is 1. The first-order valence-corrected chi connectivity index (χ1v) is 4.71. The van der Waals surface area contributed by atoms with Crippen LogP contribution in [0.1, 0.15) is 25.0 Å².